The number of likely N-dealkylation sites (tertiary alicyclic amines) is 1. The summed E-state index contributed by atoms with van der Waals surface area (Å²) in [5.41, 5.74) is 1.60. The third-order valence-corrected chi connectivity index (χ3v) is 7.68. The van der Waals surface area contributed by atoms with Crippen LogP contribution in [0.15, 0.2) is 65.8 Å². The molecule has 3 aromatic heterocycles. The number of carbonyl (C=O) groups is 1. The van der Waals surface area contributed by atoms with E-state index in [0.29, 0.717) is 46.2 Å². The maximum Gasteiger partial charge on any atom is 0.410 e. The molecule has 6 rings (SSSR count). The van der Waals surface area contributed by atoms with Gasteiger partial charge in [0.05, 0.1) is 15.7 Å². The molecule has 1 aliphatic rings. The van der Waals surface area contributed by atoms with E-state index in [1.165, 1.54) is 10.8 Å². The van der Waals surface area contributed by atoms with E-state index < -0.39 is 5.60 Å². The van der Waals surface area contributed by atoms with E-state index in [9.17, 15) is 9.59 Å². The molecule has 43 heavy (non-hydrogen) atoms. The van der Waals surface area contributed by atoms with Crippen molar-refractivity contribution >= 4 is 63.4 Å². The van der Waals surface area contributed by atoms with Crippen molar-refractivity contribution in [2.45, 2.75) is 45.3 Å². The van der Waals surface area contributed by atoms with Gasteiger partial charge in [-0.1, -0.05) is 29.3 Å². The Morgan fingerprint density at radius 1 is 1.00 bits per heavy atom. The number of hydrogen-bond donors (Lipinski definition) is 2. The van der Waals surface area contributed by atoms with Crippen LogP contribution in [-0.4, -0.2) is 59.6 Å². The smallest absolute Gasteiger partial charge is 0.410 e. The highest BCUT2D eigenvalue weighted by Gasteiger charge is 2.27. The van der Waals surface area contributed by atoms with Crippen LogP contribution in [0.3, 0.4) is 0 Å². The maximum absolute atomic E-state index is 13.6. The van der Waals surface area contributed by atoms with Gasteiger partial charge in [0.2, 0.25) is 11.7 Å². The highest BCUT2D eigenvalue weighted by atomic mass is 35.5. The van der Waals surface area contributed by atoms with Gasteiger partial charge in [-0.3, -0.25) is 9.20 Å². The number of carbonyl (C=O) groups excluding carboxylic acids is 1. The van der Waals surface area contributed by atoms with Gasteiger partial charge in [-0.15, -0.1) is 0 Å². The molecule has 1 saturated heterocycles. The molecule has 13 heteroatoms. The number of anilines is 3. The fourth-order valence-corrected chi connectivity index (χ4v) is 5.62. The maximum atomic E-state index is 13.6. The number of nitrogens with zero attached hydrogens (tertiary/aromatic N) is 6. The van der Waals surface area contributed by atoms with Crippen molar-refractivity contribution in [3.8, 4) is 5.69 Å². The molecule has 2 aromatic carbocycles. The Balaban J connectivity index is 1.17. The van der Waals surface area contributed by atoms with Crippen LogP contribution in [0.4, 0.5) is 22.1 Å². The monoisotopic (exact) mass is 620 g/mol. The molecule has 4 heterocycles. The second-order valence-electron chi connectivity index (χ2n) is 11.3. The first kappa shape index (κ1) is 28.8. The summed E-state index contributed by atoms with van der Waals surface area (Å²) in [6.07, 6.45) is 6.18. The molecule has 1 amide bonds. The van der Waals surface area contributed by atoms with Gasteiger partial charge in [0.25, 0.3) is 5.56 Å². The van der Waals surface area contributed by atoms with Crippen molar-refractivity contribution in [3.05, 3.63) is 81.5 Å². The summed E-state index contributed by atoms with van der Waals surface area (Å²) in [5, 5.41) is 7.69. The van der Waals surface area contributed by atoms with E-state index in [1.807, 2.05) is 45.0 Å². The lowest BCUT2D eigenvalue weighted by Gasteiger charge is -2.34. The van der Waals surface area contributed by atoms with Gasteiger partial charge >= 0.3 is 6.09 Å². The Bertz CT molecular complexity index is 1850. The Labute approximate surface area is 257 Å². The number of para-hydroxylation sites is 1. The Morgan fingerprint density at radius 2 is 1.67 bits per heavy atom. The number of benzene rings is 2. The lowest BCUT2D eigenvalue weighted by molar-refractivity contribution is 0.0210. The largest absolute Gasteiger partial charge is 0.444 e. The number of ether oxygens (including phenoxy) is 1. The summed E-state index contributed by atoms with van der Waals surface area (Å²) < 4.78 is 8.56. The van der Waals surface area contributed by atoms with Crippen molar-refractivity contribution in [3.63, 3.8) is 0 Å². The number of nitrogens with one attached hydrogen (secondary N) is 2. The highest BCUT2D eigenvalue weighted by molar-refractivity contribution is 6.37. The number of amides is 1. The molecule has 2 N–H and O–H groups in total. The van der Waals surface area contributed by atoms with Gasteiger partial charge in [-0.05, 0) is 70.0 Å². The first-order valence-electron chi connectivity index (χ1n) is 13.9. The zero-order valence-electron chi connectivity index (χ0n) is 23.8. The topological polar surface area (TPSA) is 119 Å². The van der Waals surface area contributed by atoms with Crippen LogP contribution in [0.2, 0.25) is 10.0 Å². The van der Waals surface area contributed by atoms with E-state index in [1.54, 1.807) is 39.9 Å². The van der Waals surface area contributed by atoms with Crippen molar-refractivity contribution in [1.82, 2.24) is 28.8 Å². The summed E-state index contributed by atoms with van der Waals surface area (Å²) in [6.45, 7) is 6.91. The van der Waals surface area contributed by atoms with Gasteiger partial charge in [-0.25, -0.2) is 19.3 Å². The van der Waals surface area contributed by atoms with Crippen molar-refractivity contribution < 1.29 is 9.53 Å². The number of fused-ring (bicyclic) bond motifs is 3. The third kappa shape index (κ3) is 5.95. The van der Waals surface area contributed by atoms with Crippen molar-refractivity contribution in [2.24, 2.45) is 0 Å². The van der Waals surface area contributed by atoms with E-state index >= 15 is 0 Å². The number of imidazole rings is 1. The summed E-state index contributed by atoms with van der Waals surface area (Å²) in [4.78, 5) is 41.1. The zero-order chi connectivity index (χ0) is 30.3. The van der Waals surface area contributed by atoms with Gasteiger partial charge in [-0.2, -0.15) is 4.98 Å². The second-order valence-corrected chi connectivity index (χ2v) is 12.1. The molecule has 1 fully saturated rings. The molecule has 0 unspecified atom stereocenters. The zero-order valence-corrected chi connectivity index (χ0v) is 25.4. The number of rotatable bonds is 5. The van der Waals surface area contributed by atoms with Gasteiger partial charge in [0.1, 0.15) is 11.0 Å². The van der Waals surface area contributed by atoms with Gasteiger partial charge in [0, 0.05) is 49.1 Å². The van der Waals surface area contributed by atoms with Gasteiger partial charge < -0.3 is 20.3 Å². The Hall–Kier alpha value is -4.35. The van der Waals surface area contributed by atoms with Crippen LogP contribution in [0.5, 0.6) is 0 Å². The molecule has 1 aliphatic heterocycles. The summed E-state index contributed by atoms with van der Waals surface area (Å²) >= 11 is 12.9. The van der Waals surface area contributed by atoms with Crippen LogP contribution < -0.4 is 16.2 Å². The molecular formula is C30H30Cl2N8O3. The number of piperidine rings is 1. The first-order valence-corrected chi connectivity index (χ1v) is 14.6. The lowest BCUT2D eigenvalue weighted by atomic mass is 10.0. The quantitative estimate of drug-likeness (QED) is 0.235. The van der Waals surface area contributed by atoms with Gasteiger partial charge in [0.15, 0.2) is 5.65 Å². The van der Waals surface area contributed by atoms with E-state index in [-0.39, 0.29) is 23.1 Å². The predicted molar refractivity (Wildman–Crippen MR) is 168 cm³/mol. The minimum absolute atomic E-state index is 0.253. The van der Waals surface area contributed by atoms with Crippen LogP contribution in [-0.2, 0) is 4.74 Å². The summed E-state index contributed by atoms with van der Waals surface area (Å²) in [7, 11) is 0. The molecule has 0 aliphatic carbocycles. The average molecular weight is 622 g/mol. The molecule has 222 valence electrons. The Morgan fingerprint density at radius 3 is 2.35 bits per heavy atom. The van der Waals surface area contributed by atoms with Crippen LogP contribution in [0.1, 0.15) is 33.6 Å². The number of halogens is 2. The molecule has 0 atom stereocenters. The molecule has 0 saturated carbocycles. The molecule has 0 radical (unpaired) electrons. The average Bonchev–Trinajstić information content (AvgIpc) is 3.45. The first-order chi connectivity index (χ1) is 20.6. The van der Waals surface area contributed by atoms with Crippen molar-refractivity contribution in [1.29, 1.82) is 0 Å². The molecular weight excluding hydrogens is 591 g/mol. The summed E-state index contributed by atoms with van der Waals surface area (Å²) in [5.74, 6) is 0.648. The SMILES string of the molecule is CC(C)(C)OC(=O)N1CCC(Nc2ccc(Nc3ncc4c(=O)n(-c5c(Cl)cccc5Cl)c5nccn5c4n3)cc2)CC1. The van der Waals surface area contributed by atoms with Crippen molar-refractivity contribution in [2.75, 3.05) is 23.7 Å². The standard InChI is InChI=1S/C30H30Cl2N8O3/c1-30(2,3)43-29(42)38-14-11-20(12-15-38)35-18-7-9-19(10-8-18)36-27-34-17-21-25(37-27)39-16-13-33-28(39)40(26(21)41)24-22(31)5-4-6-23(24)32/h4-10,13,16-17,20,35H,11-12,14-15H2,1-3H3,(H,34,36,37). The van der Waals surface area contributed by atoms with E-state index in [0.717, 1.165) is 24.2 Å². The predicted octanol–water partition coefficient (Wildman–Crippen LogP) is 6.29. The summed E-state index contributed by atoms with van der Waals surface area (Å²) in [6, 6.07) is 13.1. The molecule has 0 spiro atoms. The van der Waals surface area contributed by atoms with E-state index in [2.05, 4.69) is 25.6 Å². The molecule has 11 nitrogen and oxygen atoms in total. The number of aromatic nitrogens is 5. The highest BCUT2D eigenvalue weighted by Crippen LogP contribution is 2.29. The molecule has 0 bridgehead atoms. The fourth-order valence-electron chi connectivity index (χ4n) is 5.06. The normalized spacial score (nSPS) is 14.3. The lowest BCUT2D eigenvalue weighted by Crippen LogP contribution is -2.44. The third-order valence-electron chi connectivity index (χ3n) is 7.07. The minimum Gasteiger partial charge on any atom is -0.444 e. The fraction of sp³-hybridized carbons (Fsp3) is 0.300. The van der Waals surface area contributed by atoms with Crippen LogP contribution >= 0.6 is 23.2 Å². The van der Waals surface area contributed by atoms with Crippen LogP contribution in [0.25, 0.3) is 22.5 Å². The van der Waals surface area contributed by atoms with E-state index in [4.69, 9.17) is 27.9 Å². The minimum atomic E-state index is -0.501. The van der Waals surface area contributed by atoms with Crippen LogP contribution in [0, 0.1) is 0 Å². The second kappa shape index (κ2) is 11.4. The Kier molecular flexibility index (Phi) is 7.61. The number of hydrogen-bond acceptors (Lipinski definition) is 8. The molecule has 5 aromatic rings.